The van der Waals surface area contributed by atoms with Crippen LogP contribution in [0.5, 0.6) is 0 Å². The monoisotopic (exact) mass is 332 g/mol. The highest BCUT2D eigenvalue weighted by atomic mass is 35.5. The van der Waals surface area contributed by atoms with E-state index in [2.05, 4.69) is 11.4 Å². The Balaban J connectivity index is 1.59. The van der Waals surface area contributed by atoms with Gasteiger partial charge in [-0.15, -0.1) is 0 Å². The van der Waals surface area contributed by atoms with E-state index >= 15 is 0 Å². The van der Waals surface area contributed by atoms with Crippen LogP contribution < -0.4 is 10.2 Å². The summed E-state index contributed by atoms with van der Waals surface area (Å²) in [4.78, 5) is 25.9. The van der Waals surface area contributed by atoms with Gasteiger partial charge in [0, 0.05) is 5.02 Å². The van der Waals surface area contributed by atoms with Crippen molar-refractivity contribution in [3.63, 3.8) is 0 Å². The van der Waals surface area contributed by atoms with E-state index in [0.29, 0.717) is 10.7 Å². The van der Waals surface area contributed by atoms with Crippen molar-refractivity contribution >= 4 is 29.1 Å². The van der Waals surface area contributed by atoms with Crippen LogP contribution in [0.2, 0.25) is 5.02 Å². The summed E-state index contributed by atoms with van der Waals surface area (Å²) >= 11 is 5.95. The molecular formula is C18H21ClN2O2. The van der Waals surface area contributed by atoms with Gasteiger partial charge >= 0.3 is 0 Å². The lowest BCUT2D eigenvalue weighted by atomic mass is 9.97. The number of halogens is 1. The van der Waals surface area contributed by atoms with Gasteiger partial charge in [0.1, 0.15) is 0 Å². The fraction of sp³-hybridized carbons (Fsp3) is 0.444. The molecule has 0 saturated carbocycles. The largest absolute Gasteiger partial charge is 0.305 e. The highest BCUT2D eigenvalue weighted by Gasteiger charge is 2.39. The number of nitrogens with one attached hydrogen (secondary N) is 1. The van der Waals surface area contributed by atoms with Crippen molar-refractivity contribution in [1.29, 1.82) is 0 Å². The number of anilines is 1. The van der Waals surface area contributed by atoms with Gasteiger partial charge in [-0.25, -0.2) is 4.90 Å². The minimum atomic E-state index is -0.425. The number of hydrogen-bond donors (Lipinski definition) is 1. The fourth-order valence-electron chi connectivity index (χ4n) is 3.22. The number of benzene rings is 1. The summed E-state index contributed by atoms with van der Waals surface area (Å²) in [7, 11) is 0. The maximum atomic E-state index is 12.5. The lowest BCUT2D eigenvalue weighted by molar-refractivity contribution is -0.121. The summed E-state index contributed by atoms with van der Waals surface area (Å²) in [5.41, 5.74) is 2.01. The summed E-state index contributed by atoms with van der Waals surface area (Å²) in [6.45, 7) is 0.735. The number of amides is 2. The fourth-order valence-corrected chi connectivity index (χ4v) is 3.40. The summed E-state index contributed by atoms with van der Waals surface area (Å²) in [5, 5.41) is 3.75. The molecule has 1 atom stereocenters. The van der Waals surface area contributed by atoms with Crippen LogP contribution >= 0.6 is 11.6 Å². The van der Waals surface area contributed by atoms with Crippen LogP contribution in [-0.2, 0) is 9.59 Å². The van der Waals surface area contributed by atoms with E-state index < -0.39 is 6.04 Å². The molecule has 122 valence electrons. The highest BCUT2D eigenvalue weighted by Crippen LogP contribution is 2.25. The minimum absolute atomic E-state index is 0.174. The zero-order valence-electron chi connectivity index (χ0n) is 13.1. The molecule has 1 aromatic rings. The summed E-state index contributed by atoms with van der Waals surface area (Å²) in [6, 6.07) is 6.42. The van der Waals surface area contributed by atoms with Crippen molar-refractivity contribution in [2.45, 2.75) is 44.6 Å². The van der Waals surface area contributed by atoms with Gasteiger partial charge in [0.05, 0.1) is 18.2 Å². The first-order valence-electron chi connectivity index (χ1n) is 8.19. The third-order valence-electron chi connectivity index (χ3n) is 4.43. The van der Waals surface area contributed by atoms with Crippen molar-refractivity contribution in [3.8, 4) is 0 Å². The molecule has 0 bridgehead atoms. The van der Waals surface area contributed by atoms with Gasteiger partial charge in [-0.05, 0) is 56.8 Å². The first-order valence-corrected chi connectivity index (χ1v) is 8.56. The number of hydrogen-bond acceptors (Lipinski definition) is 3. The average Bonchev–Trinajstić information content (AvgIpc) is 2.82. The first-order chi connectivity index (χ1) is 11.1. The Kier molecular flexibility index (Phi) is 5.13. The van der Waals surface area contributed by atoms with E-state index in [9.17, 15) is 9.59 Å². The molecule has 1 unspecified atom stereocenters. The molecule has 1 N–H and O–H groups in total. The number of carbonyl (C=O) groups excluding carboxylic acids is 2. The molecule has 1 saturated heterocycles. The number of carbonyl (C=O) groups is 2. The van der Waals surface area contributed by atoms with Gasteiger partial charge in [0.15, 0.2) is 0 Å². The van der Waals surface area contributed by atoms with Crippen LogP contribution in [0.15, 0.2) is 35.9 Å². The summed E-state index contributed by atoms with van der Waals surface area (Å²) < 4.78 is 0. The van der Waals surface area contributed by atoms with E-state index in [1.165, 1.54) is 29.7 Å². The van der Waals surface area contributed by atoms with Crippen LogP contribution in [-0.4, -0.2) is 24.4 Å². The normalized spacial score (nSPS) is 21.7. The maximum absolute atomic E-state index is 12.5. The Morgan fingerprint density at radius 2 is 2.13 bits per heavy atom. The van der Waals surface area contributed by atoms with E-state index in [1.807, 2.05) is 0 Å². The van der Waals surface area contributed by atoms with Crippen LogP contribution in [0.25, 0.3) is 0 Å². The predicted molar refractivity (Wildman–Crippen MR) is 91.5 cm³/mol. The van der Waals surface area contributed by atoms with E-state index in [4.69, 9.17) is 11.6 Å². The van der Waals surface area contributed by atoms with Crippen molar-refractivity contribution in [1.82, 2.24) is 5.32 Å². The van der Waals surface area contributed by atoms with Crippen molar-refractivity contribution in [3.05, 3.63) is 40.9 Å². The first kappa shape index (κ1) is 16.2. The van der Waals surface area contributed by atoms with Gasteiger partial charge in [0.2, 0.25) is 5.91 Å². The Morgan fingerprint density at radius 1 is 1.26 bits per heavy atom. The molecule has 1 aliphatic heterocycles. The third kappa shape index (κ3) is 3.82. The van der Waals surface area contributed by atoms with Gasteiger partial charge in [-0.2, -0.15) is 0 Å². The van der Waals surface area contributed by atoms with Crippen molar-refractivity contribution in [2.75, 3.05) is 11.4 Å². The second-order valence-electron chi connectivity index (χ2n) is 6.12. The van der Waals surface area contributed by atoms with Gasteiger partial charge in [-0.1, -0.05) is 29.3 Å². The van der Waals surface area contributed by atoms with Crippen molar-refractivity contribution < 1.29 is 9.59 Å². The maximum Gasteiger partial charge on any atom is 0.251 e. The highest BCUT2D eigenvalue weighted by molar-refractivity contribution is 6.31. The molecule has 1 aliphatic carbocycles. The standard InChI is InChI=1S/C18H21ClN2O2/c19-14-7-4-8-15(11-14)21-17(22)12-16(18(21)23)20-10-9-13-5-2-1-3-6-13/h4-5,7-8,11,16,20H,1-3,6,9-10,12H2. The molecule has 0 spiro atoms. The molecule has 23 heavy (non-hydrogen) atoms. The van der Waals surface area contributed by atoms with Crippen LogP contribution in [0, 0.1) is 0 Å². The molecule has 3 rings (SSSR count). The Morgan fingerprint density at radius 3 is 2.87 bits per heavy atom. The number of rotatable bonds is 5. The second kappa shape index (κ2) is 7.28. The van der Waals surface area contributed by atoms with Crippen LogP contribution in [0.3, 0.4) is 0 Å². The third-order valence-corrected chi connectivity index (χ3v) is 4.67. The zero-order chi connectivity index (χ0) is 16.2. The molecule has 0 aromatic heterocycles. The lowest BCUT2D eigenvalue weighted by Crippen LogP contribution is -2.39. The zero-order valence-corrected chi connectivity index (χ0v) is 13.8. The van der Waals surface area contributed by atoms with E-state index in [0.717, 1.165) is 19.4 Å². The molecule has 2 amide bonds. The second-order valence-corrected chi connectivity index (χ2v) is 6.55. The number of nitrogens with zero attached hydrogens (tertiary/aromatic N) is 1. The van der Waals surface area contributed by atoms with Gasteiger partial charge in [0.25, 0.3) is 5.91 Å². The predicted octanol–water partition coefficient (Wildman–Crippen LogP) is 3.45. The topological polar surface area (TPSA) is 49.4 Å². The Labute approximate surface area is 141 Å². The molecular weight excluding hydrogens is 312 g/mol. The number of allylic oxidation sites excluding steroid dienone is 1. The molecule has 0 radical (unpaired) electrons. The smallest absolute Gasteiger partial charge is 0.251 e. The minimum Gasteiger partial charge on any atom is -0.305 e. The molecule has 4 nitrogen and oxygen atoms in total. The van der Waals surface area contributed by atoms with Crippen molar-refractivity contribution in [2.24, 2.45) is 0 Å². The summed E-state index contributed by atoms with van der Waals surface area (Å²) in [6.07, 6.45) is 8.34. The lowest BCUT2D eigenvalue weighted by Gasteiger charge is -2.17. The molecule has 5 heteroatoms. The van der Waals surface area contributed by atoms with Gasteiger partial charge in [-0.3, -0.25) is 9.59 Å². The molecule has 1 aromatic carbocycles. The van der Waals surface area contributed by atoms with E-state index in [-0.39, 0.29) is 18.2 Å². The van der Waals surface area contributed by atoms with Gasteiger partial charge < -0.3 is 5.32 Å². The molecule has 1 fully saturated rings. The Hall–Kier alpha value is -1.65. The molecule has 1 heterocycles. The number of imide groups is 1. The van der Waals surface area contributed by atoms with Crippen LogP contribution in [0.4, 0.5) is 5.69 Å². The van der Waals surface area contributed by atoms with Crippen LogP contribution in [0.1, 0.15) is 38.5 Å². The molecule has 2 aliphatic rings. The average molecular weight is 333 g/mol. The SMILES string of the molecule is O=C1CC(NCCC2=CCCCC2)C(=O)N1c1cccc(Cl)c1. The summed E-state index contributed by atoms with van der Waals surface area (Å²) in [5.74, 6) is -0.360. The van der Waals surface area contributed by atoms with E-state index in [1.54, 1.807) is 24.3 Å². The Bertz CT molecular complexity index is 642. The quantitative estimate of drug-likeness (QED) is 0.663.